The molecule has 0 heterocycles. The number of nitrogens with zero attached hydrogens (tertiary/aromatic N) is 1. The summed E-state index contributed by atoms with van der Waals surface area (Å²) >= 11 is 0. The Balaban J connectivity index is 1.12. The van der Waals surface area contributed by atoms with Crippen molar-refractivity contribution in [3.05, 3.63) is 248 Å². The van der Waals surface area contributed by atoms with Crippen molar-refractivity contribution in [2.24, 2.45) is 0 Å². The molecule has 0 saturated heterocycles. The van der Waals surface area contributed by atoms with Crippen LogP contribution in [0.25, 0.3) is 88.0 Å². The van der Waals surface area contributed by atoms with E-state index < -0.39 is 118 Å². The van der Waals surface area contributed by atoms with Crippen molar-refractivity contribution >= 4 is 49.4 Å². The first-order valence-corrected chi connectivity index (χ1v) is 19.8. The van der Waals surface area contributed by atoms with Crippen LogP contribution < -0.4 is 4.90 Å². The number of hydrogen-bond acceptors (Lipinski definition) is 1. The molecule has 0 aromatic heterocycles. The average molecular weight is 791 g/mol. The highest BCUT2D eigenvalue weighted by Gasteiger charge is 2.16. The van der Waals surface area contributed by atoms with Gasteiger partial charge in [-0.1, -0.05) is 206 Å². The molecule has 0 spiro atoms. The molecule has 0 unspecified atom stereocenters. The summed E-state index contributed by atoms with van der Waals surface area (Å²) in [5.41, 5.74) is 3.88. The van der Waals surface area contributed by atoms with Crippen molar-refractivity contribution in [2.75, 3.05) is 4.90 Å². The highest BCUT2D eigenvalue weighted by Crippen LogP contribution is 2.42. The van der Waals surface area contributed by atoms with E-state index in [0.717, 1.165) is 59.8 Å². The Bertz CT molecular complexity index is 4160. The first kappa shape index (κ1) is 23.6. The third-order valence-electron chi connectivity index (χ3n) is 10.9. The Hall–Kier alpha value is -8.00. The molecule has 0 amide bonds. The molecule has 0 N–H and O–H groups in total. The van der Waals surface area contributed by atoms with E-state index in [1.165, 1.54) is 0 Å². The number of hydrogen-bond donors (Lipinski definition) is 0. The van der Waals surface area contributed by atoms with Crippen molar-refractivity contribution in [1.29, 1.82) is 0 Å². The van der Waals surface area contributed by atoms with Crippen LogP contribution in [0.1, 0.15) is 20.6 Å². The second-order valence-corrected chi connectivity index (χ2v) is 14.5. The second-order valence-electron chi connectivity index (χ2n) is 14.5. The summed E-state index contributed by atoms with van der Waals surface area (Å²) in [6.45, 7) is 0. The predicted molar refractivity (Wildman–Crippen MR) is 261 cm³/mol. The summed E-state index contributed by atoms with van der Waals surface area (Å²) in [5, 5.41) is 3.27. The van der Waals surface area contributed by atoms with Gasteiger partial charge in [-0.3, -0.25) is 0 Å². The number of fused-ring (bicyclic) bond motifs is 3. The minimum atomic E-state index is -0.791. The molecule has 286 valence electrons. The molecule has 0 atom stereocenters. The molecule has 11 aromatic carbocycles. The minimum Gasteiger partial charge on any atom is -0.311 e. The molecular formula is C60H41N. The first-order chi connectivity index (χ1) is 36.5. The average Bonchev–Trinajstić information content (AvgIpc) is 3.48. The van der Waals surface area contributed by atoms with Crippen molar-refractivity contribution in [3.63, 3.8) is 0 Å². The van der Waals surface area contributed by atoms with Crippen LogP contribution in [0.4, 0.5) is 17.1 Å². The molecule has 0 aliphatic rings. The second kappa shape index (κ2) is 15.6. The summed E-state index contributed by atoms with van der Waals surface area (Å²) in [6, 6.07) is 40.0. The molecule has 0 bridgehead atoms. The monoisotopic (exact) mass is 790 g/mol. The van der Waals surface area contributed by atoms with E-state index in [4.69, 9.17) is 8.22 Å². The molecule has 0 fully saturated rings. The Morgan fingerprint density at radius 1 is 0.279 bits per heavy atom. The van der Waals surface area contributed by atoms with Crippen molar-refractivity contribution in [3.8, 4) is 55.6 Å². The van der Waals surface area contributed by atoms with Gasteiger partial charge in [0.15, 0.2) is 0 Å². The molecule has 0 radical (unpaired) electrons. The smallest absolute Gasteiger partial charge is 0.0645 e. The van der Waals surface area contributed by atoms with Crippen LogP contribution in [0.2, 0.25) is 0 Å². The Morgan fingerprint density at radius 2 is 0.820 bits per heavy atom. The molecule has 0 aliphatic carbocycles. The van der Waals surface area contributed by atoms with Crippen LogP contribution in [0.3, 0.4) is 0 Å². The quantitative estimate of drug-likeness (QED) is 0.148. The first-order valence-electron chi connectivity index (χ1n) is 27.3. The molecular weight excluding hydrogens is 735 g/mol. The third-order valence-corrected chi connectivity index (χ3v) is 10.9. The van der Waals surface area contributed by atoms with Gasteiger partial charge < -0.3 is 4.90 Å². The van der Waals surface area contributed by atoms with Crippen LogP contribution in [0.15, 0.2) is 248 Å². The fourth-order valence-electron chi connectivity index (χ4n) is 7.89. The molecule has 0 saturated carbocycles. The minimum absolute atomic E-state index is 0.00964. The maximum absolute atomic E-state index is 9.67. The standard InChI is InChI=1S/C60H41N/c1-2-14-50(15-3-1)60-58-19-9-7-13-47(58)33-40-59(60)49-31-38-55(39-32-49)61(54-36-29-45(30-37-54)52-26-23-42-11-4-5-16-51(42)41-52)53-34-27-44(28-35-53)43-21-24-48(25-22-43)57-20-10-17-46-12-6-8-18-56(46)57/h1-41H/i4D,5D,11D,16D,23D,26D,27D,28D,29D,30D,34D,35D,36D,37D,41D. The van der Waals surface area contributed by atoms with Gasteiger partial charge in [0.05, 0.1) is 20.6 Å². The zero-order chi connectivity index (χ0) is 53.6. The Morgan fingerprint density at radius 3 is 1.54 bits per heavy atom. The van der Waals surface area contributed by atoms with Gasteiger partial charge in [0, 0.05) is 17.1 Å². The lowest BCUT2D eigenvalue weighted by Crippen LogP contribution is -2.09. The van der Waals surface area contributed by atoms with E-state index in [1.54, 1.807) is 36.4 Å². The zero-order valence-corrected chi connectivity index (χ0v) is 32.5. The van der Waals surface area contributed by atoms with E-state index in [-0.39, 0.29) is 16.9 Å². The maximum Gasteiger partial charge on any atom is 0.0645 e. The van der Waals surface area contributed by atoms with E-state index in [1.807, 2.05) is 121 Å². The van der Waals surface area contributed by atoms with Crippen molar-refractivity contribution in [1.82, 2.24) is 0 Å². The van der Waals surface area contributed by atoms with Gasteiger partial charge in [0.2, 0.25) is 0 Å². The normalized spacial score (nSPS) is 14.7. The summed E-state index contributed by atoms with van der Waals surface area (Å²) in [5.74, 6) is 0. The predicted octanol–water partition coefficient (Wildman–Crippen LogP) is 17.0. The number of anilines is 3. The summed E-state index contributed by atoms with van der Waals surface area (Å²) in [7, 11) is 0. The lowest BCUT2D eigenvalue weighted by Gasteiger charge is -2.26. The highest BCUT2D eigenvalue weighted by atomic mass is 15.1. The fraction of sp³-hybridized carbons (Fsp3) is 0. The molecule has 0 aliphatic heterocycles. The van der Waals surface area contributed by atoms with Gasteiger partial charge in [-0.25, -0.2) is 0 Å². The summed E-state index contributed by atoms with van der Waals surface area (Å²) < 4.78 is 137. The highest BCUT2D eigenvalue weighted by molar-refractivity contribution is 6.04. The maximum atomic E-state index is 9.67. The molecule has 1 nitrogen and oxygen atoms in total. The zero-order valence-electron chi connectivity index (χ0n) is 47.5. The van der Waals surface area contributed by atoms with Crippen LogP contribution >= 0.6 is 0 Å². The molecule has 11 rings (SSSR count). The van der Waals surface area contributed by atoms with Crippen LogP contribution in [-0.4, -0.2) is 0 Å². The number of benzene rings is 11. The lowest BCUT2D eigenvalue weighted by molar-refractivity contribution is 1.28. The van der Waals surface area contributed by atoms with Gasteiger partial charge in [0.25, 0.3) is 0 Å². The SMILES string of the molecule is [2H]c1c([2H])c(N(c2ccc(-c3ccc4ccccc4c3-c3ccccc3)cc2)c2c([2H])c([2H])c(-c3c([2H])c([2H])c4c([2H])c([2H])c([2H])c([2H])c4c3[2H])c([2H])c2[2H])c([2H])c([2H])c1-c1ccc(-c2cccc3ccccc23)cc1. The van der Waals surface area contributed by atoms with Crippen LogP contribution in [0.5, 0.6) is 0 Å². The summed E-state index contributed by atoms with van der Waals surface area (Å²) in [6.07, 6.45) is 0. The van der Waals surface area contributed by atoms with Crippen molar-refractivity contribution < 1.29 is 20.6 Å². The Labute approximate surface area is 378 Å². The Kier molecular flexibility index (Phi) is 6.04. The van der Waals surface area contributed by atoms with Gasteiger partial charge in [-0.15, -0.1) is 0 Å². The third kappa shape index (κ3) is 6.93. The lowest BCUT2D eigenvalue weighted by atomic mass is 9.90. The van der Waals surface area contributed by atoms with Gasteiger partial charge in [0.1, 0.15) is 0 Å². The summed E-state index contributed by atoms with van der Waals surface area (Å²) in [4.78, 5) is 1.16. The van der Waals surface area contributed by atoms with Gasteiger partial charge >= 0.3 is 0 Å². The van der Waals surface area contributed by atoms with Gasteiger partial charge in [-0.2, -0.15) is 0 Å². The van der Waals surface area contributed by atoms with Crippen LogP contribution in [-0.2, 0) is 0 Å². The number of rotatable bonds is 8. The molecule has 11 aromatic rings. The molecule has 1 heteroatoms. The topological polar surface area (TPSA) is 3.24 Å². The van der Waals surface area contributed by atoms with Gasteiger partial charge in [-0.05, 0) is 130 Å². The van der Waals surface area contributed by atoms with E-state index in [9.17, 15) is 12.3 Å². The van der Waals surface area contributed by atoms with Crippen molar-refractivity contribution in [2.45, 2.75) is 0 Å². The van der Waals surface area contributed by atoms with E-state index >= 15 is 0 Å². The van der Waals surface area contributed by atoms with E-state index in [0.29, 0.717) is 5.56 Å². The van der Waals surface area contributed by atoms with Crippen LogP contribution in [0, 0.1) is 0 Å². The molecule has 61 heavy (non-hydrogen) atoms. The fourth-order valence-corrected chi connectivity index (χ4v) is 7.89. The van der Waals surface area contributed by atoms with E-state index in [2.05, 4.69) is 0 Å². The largest absolute Gasteiger partial charge is 0.311 e.